The number of rotatable bonds is 7. The SMILES string of the molecule is CCNC(=NCCCN1CCOCC1)NCCC(F)(F)F. The van der Waals surface area contributed by atoms with Gasteiger partial charge in [-0.3, -0.25) is 9.89 Å². The van der Waals surface area contributed by atoms with Crippen molar-refractivity contribution in [2.75, 3.05) is 52.5 Å². The zero-order chi connectivity index (χ0) is 15.6. The van der Waals surface area contributed by atoms with Gasteiger partial charge in [0.1, 0.15) is 0 Å². The smallest absolute Gasteiger partial charge is 0.379 e. The minimum absolute atomic E-state index is 0.154. The molecule has 8 heteroatoms. The van der Waals surface area contributed by atoms with Crippen LogP contribution in [0, 0.1) is 0 Å². The summed E-state index contributed by atoms with van der Waals surface area (Å²) in [5, 5.41) is 5.65. The largest absolute Gasteiger partial charge is 0.390 e. The second kappa shape index (κ2) is 9.83. The molecule has 0 aromatic rings. The Balaban J connectivity index is 2.20. The Morgan fingerprint density at radius 1 is 1.24 bits per heavy atom. The van der Waals surface area contributed by atoms with E-state index >= 15 is 0 Å². The van der Waals surface area contributed by atoms with Gasteiger partial charge >= 0.3 is 6.18 Å². The lowest BCUT2D eigenvalue weighted by Gasteiger charge is -2.26. The number of nitrogens with zero attached hydrogens (tertiary/aromatic N) is 2. The molecule has 0 saturated carbocycles. The molecule has 0 aromatic heterocycles. The number of halogens is 3. The highest BCUT2D eigenvalue weighted by Gasteiger charge is 2.26. The van der Waals surface area contributed by atoms with Gasteiger partial charge in [0.05, 0.1) is 19.6 Å². The fourth-order valence-electron chi connectivity index (χ4n) is 1.97. The van der Waals surface area contributed by atoms with Crippen LogP contribution in [-0.2, 0) is 4.74 Å². The van der Waals surface area contributed by atoms with Crippen LogP contribution in [0.2, 0.25) is 0 Å². The minimum Gasteiger partial charge on any atom is -0.379 e. The van der Waals surface area contributed by atoms with Crippen LogP contribution in [0.3, 0.4) is 0 Å². The van der Waals surface area contributed by atoms with Crippen molar-refractivity contribution in [2.24, 2.45) is 4.99 Å². The predicted octanol–water partition coefficient (Wildman–Crippen LogP) is 1.22. The average molecular weight is 310 g/mol. The van der Waals surface area contributed by atoms with Gasteiger partial charge < -0.3 is 15.4 Å². The Hall–Kier alpha value is -1.02. The van der Waals surface area contributed by atoms with E-state index in [1.807, 2.05) is 6.92 Å². The molecule has 1 aliphatic rings. The molecule has 124 valence electrons. The van der Waals surface area contributed by atoms with Crippen molar-refractivity contribution < 1.29 is 17.9 Å². The fourth-order valence-corrected chi connectivity index (χ4v) is 1.97. The van der Waals surface area contributed by atoms with Gasteiger partial charge in [0.15, 0.2) is 5.96 Å². The number of nitrogens with one attached hydrogen (secondary N) is 2. The maximum absolute atomic E-state index is 12.1. The lowest BCUT2D eigenvalue weighted by atomic mass is 10.3. The van der Waals surface area contributed by atoms with Gasteiger partial charge in [0.2, 0.25) is 0 Å². The average Bonchev–Trinajstić information content (AvgIpc) is 2.43. The van der Waals surface area contributed by atoms with Crippen LogP contribution in [0.1, 0.15) is 19.8 Å². The summed E-state index contributed by atoms with van der Waals surface area (Å²) in [5.41, 5.74) is 0. The van der Waals surface area contributed by atoms with E-state index in [-0.39, 0.29) is 6.54 Å². The third kappa shape index (κ3) is 9.52. The van der Waals surface area contributed by atoms with Gasteiger partial charge in [-0.2, -0.15) is 13.2 Å². The monoisotopic (exact) mass is 310 g/mol. The van der Waals surface area contributed by atoms with Gasteiger partial charge in [-0.25, -0.2) is 0 Å². The molecule has 0 aliphatic carbocycles. The third-order valence-corrected chi connectivity index (χ3v) is 3.05. The second-order valence-corrected chi connectivity index (χ2v) is 4.86. The molecule has 0 unspecified atom stereocenters. The Bertz CT molecular complexity index is 304. The molecule has 5 nitrogen and oxygen atoms in total. The van der Waals surface area contributed by atoms with Crippen molar-refractivity contribution in [3.05, 3.63) is 0 Å². The molecule has 0 aromatic carbocycles. The molecule has 1 aliphatic heterocycles. The molecular weight excluding hydrogens is 285 g/mol. The van der Waals surface area contributed by atoms with Crippen molar-refractivity contribution >= 4 is 5.96 Å². The van der Waals surface area contributed by atoms with Crippen LogP contribution >= 0.6 is 0 Å². The highest BCUT2D eigenvalue weighted by atomic mass is 19.4. The number of hydrogen-bond acceptors (Lipinski definition) is 3. The Morgan fingerprint density at radius 3 is 2.57 bits per heavy atom. The standard InChI is InChI=1S/C13H25F3N4O/c1-2-17-12(19-6-4-13(14,15)16)18-5-3-7-20-8-10-21-11-9-20/h2-11H2,1H3,(H2,17,18,19). The zero-order valence-corrected chi connectivity index (χ0v) is 12.5. The first-order valence-electron chi connectivity index (χ1n) is 7.40. The Kier molecular flexibility index (Phi) is 8.44. The van der Waals surface area contributed by atoms with E-state index in [1.54, 1.807) is 0 Å². The fraction of sp³-hybridized carbons (Fsp3) is 0.923. The third-order valence-electron chi connectivity index (χ3n) is 3.05. The first-order valence-corrected chi connectivity index (χ1v) is 7.40. The van der Waals surface area contributed by atoms with Crippen molar-refractivity contribution in [1.29, 1.82) is 0 Å². The number of guanidine groups is 1. The van der Waals surface area contributed by atoms with Crippen LogP contribution in [-0.4, -0.2) is 69.5 Å². The van der Waals surface area contributed by atoms with Crippen molar-refractivity contribution in [2.45, 2.75) is 25.9 Å². The number of hydrogen-bond donors (Lipinski definition) is 2. The topological polar surface area (TPSA) is 48.9 Å². The van der Waals surface area contributed by atoms with Gasteiger partial charge in [0, 0.05) is 39.3 Å². The molecule has 0 amide bonds. The Labute approximate surface area is 123 Å². The van der Waals surface area contributed by atoms with E-state index in [1.165, 1.54) is 0 Å². The summed E-state index contributed by atoms with van der Waals surface area (Å²) in [7, 11) is 0. The number of alkyl halides is 3. The lowest BCUT2D eigenvalue weighted by Crippen LogP contribution is -2.39. The van der Waals surface area contributed by atoms with E-state index < -0.39 is 12.6 Å². The van der Waals surface area contributed by atoms with E-state index in [9.17, 15) is 13.2 Å². The van der Waals surface area contributed by atoms with Crippen LogP contribution in [0.15, 0.2) is 4.99 Å². The molecular formula is C13H25F3N4O. The van der Waals surface area contributed by atoms with Crippen molar-refractivity contribution in [1.82, 2.24) is 15.5 Å². The van der Waals surface area contributed by atoms with Gasteiger partial charge in [-0.15, -0.1) is 0 Å². The summed E-state index contributed by atoms with van der Waals surface area (Å²) in [6, 6.07) is 0. The maximum atomic E-state index is 12.1. The molecule has 1 fully saturated rings. The van der Waals surface area contributed by atoms with Crippen LogP contribution in [0.4, 0.5) is 13.2 Å². The first-order chi connectivity index (χ1) is 10.0. The highest BCUT2D eigenvalue weighted by Crippen LogP contribution is 2.17. The van der Waals surface area contributed by atoms with Gasteiger partial charge in [-0.1, -0.05) is 0 Å². The van der Waals surface area contributed by atoms with Crippen molar-refractivity contribution in [3.8, 4) is 0 Å². The highest BCUT2D eigenvalue weighted by molar-refractivity contribution is 5.79. The van der Waals surface area contributed by atoms with E-state index in [0.717, 1.165) is 39.3 Å². The predicted molar refractivity (Wildman–Crippen MR) is 76.5 cm³/mol. The second-order valence-electron chi connectivity index (χ2n) is 4.86. The quantitative estimate of drug-likeness (QED) is 0.422. The summed E-state index contributed by atoms with van der Waals surface area (Å²) in [4.78, 5) is 6.60. The number of aliphatic imine (C=N–C) groups is 1. The summed E-state index contributed by atoms with van der Waals surface area (Å²) < 4.78 is 41.5. The molecule has 1 heterocycles. The summed E-state index contributed by atoms with van der Waals surface area (Å²) >= 11 is 0. The minimum atomic E-state index is -4.14. The van der Waals surface area contributed by atoms with E-state index in [2.05, 4.69) is 20.5 Å². The molecule has 0 bridgehead atoms. The maximum Gasteiger partial charge on any atom is 0.390 e. The van der Waals surface area contributed by atoms with E-state index in [4.69, 9.17) is 4.74 Å². The van der Waals surface area contributed by atoms with E-state index in [0.29, 0.717) is 19.0 Å². The summed E-state index contributed by atoms with van der Waals surface area (Å²) in [5.74, 6) is 0.448. The molecule has 0 radical (unpaired) electrons. The molecule has 0 atom stereocenters. The normalized spacial score (nSPS) is 17.8. The first kappa shape index (κ1) is 18.0. The van der Waals surface area contributed by atoms with Crippen LogP contribution in [0.5, 0.6) is 0 Å². The van der Waals surface area contributed by atoms with Crippen LogP contribution in [0.25, 0.3) is 0 Å². The number of morpholine rings is 1. The van der Waals surface area contributed by atoms with Gasteiger partial charge in [0.25, 0.3) is 0 Å². The molecule has 0 spiro atoms. The van der Waals surface area contributed by atoms with Crippen molar-refractivity contribution in [3.63, 3.8) is 0 Å². The zero-order valence-electron chi connectivity index (χ0n) is 12.5. The summed E-state index contributed by atoms with van der Waals surface area (Å²) in [6.07, 6.45) is -4.11. The number of ether oxygens (including phenoxy) is 1. The molecule has 1 saturated heterocycles. The summed E-state index contributed by atoms with van der Waals surface area (Å²) in [6.45, 7) is 7.30. The van der Waals surface area contributed by atoms with Gasteiger partial charge in [-0.05, 0) is 13.3 Å². The van der Waals surface area contributed by atoms with Crippen LogP contribution < -0.4 is 10.6 Å². The molecule has 21 heavy (non-hydrogen) atoms. The molecule has 1 rings (SSSR count). The Morgan fingerprint density at radius 2 is 1.95 bits per heavy atom. The lowest BCUT2D eigenvalue weighted by molar-refractivity contribution is -0.132. The molecule has 2 N–H and O–H groups in total.